The maximum Gasteiger partial charge on any atom is 0.309 e. The van der Waals surface area contributed by atoms with E-state index in [1.165, 1.54) is 0 Å². The van der Waals surface area contributed by atoms with Gasteiger partial charge in [-0.05, 0) is 24.3 Å². The van der Waals surface area contributed by atoms with Crippen LogP contribution in [-0.2, 0) is 20.8 Å². The first kappa shape index (κ1) is 16.0. The van der Waals surface area contributed by atoms with Crippen LogP contribution in [0.25, 0.3) is 0 Å². The first-order valence-corrected chi connectivity index (χ1v) is 8.61. The number of likely N-dealkylation sites (tertiary alicyclic amines) is 2. The Morgan fingerprint density at radius 2 is 2.09 bits per heavy atom. The van der Waals surface area contributed by atoms with Crippen LogP contribution in [0.1, 0.15) is 24.1 Å². The van der Waals surface area contributed by atoms with Crippen molar-refractivity contribution >= 4 is 29.1 Å². The molecule has 0 radical (unpaired) electrons. The van der Waals surface area contributed by atoms with Gasteiger partial charge in [-0.3, -0.25) is 14.4 Å². The Morgan fingerprint density at radius 1 is 1.39 bits per heavy atom. The van der Waals surface area contributed by atoms with Crippen molar-refractivity contribution in [3.05, 3.63) is 22.4 Å². The molecule has 6 nitrogen and oxygen atoms in total. The van der Waals surface area contributed by atoms with Gasteiger partial charge in [0.2, 0.25) is 11.8 Å². The average molecular weight is 336 g/mol. The third-order valence-electron chi connectivity index (χ3n) is 5.26. The third-order valence-corrected chi connectivity index (χ3v) is 6.13. The van der Waals surface area contributed by atoms with Crippen LogP contribution in [0.2, 0.25) is 0 Å². The Hall–Kier alpha value is -1.89. The number of amides is 2. The van der Waals surface area contributed by atoms with Crippen LogP contribution >= 0.6 is 11.3 Å². The molecule has 0 aromatic carbocycles. The van der Waals surface area contributed by atoms with Crippen LogP contribution in [0.4, 0.5) is 0 Å². The SMILES string of the molecule is CN1C(=O)CC(C(=O)O)C12CCN(C(=O)Cc1cccs1)CC2. The van der Waals surface area contributed by atoms with E-state index in [9.17, 15) is 19.5 Å². The molecule has 3 heterocycles. The summed E-state index contributed by atoms with van der Waals surface area (Å²) in [5.41, 5.74) is -0.636. The average Bonchev–Trinajstić information content (AvgIpc) is 3.11. The van der Waals surface area contributed by atoms with Crippen molar-refractivity contribution in [2.24, 2.45) is 5.92 Å². The summed E-state index contributed by atoms with van der Waals surface area (Å²) in [6.07, 6.45) is 1.52. The van der Waals surface area contributed by atoms with Crippen LogP contribution < -0.4 is 0 Å². The minimum absolute atomic E-state index is 0.0645. The first-order chi connectivity index (χ1) is 10.9. The van der Waals surface area contributed by atoms with Gasteiger partial charge < -0.3 is 14.9 Å². The number of piperidine rings is 1. The van der Waals surface area contributed by atoms with Gasteiger partial charge in [-0.15, -0.1) is 11.3 Å². The molecule has 1 atom stereocenters. The van der Waals surface area contributed by atoms with Crippen molar-refractivity contribution in [2.75, 3.05) is 20.1 Å². The van der Waals surface area contributed by atoms with E-state index in [2.05, 4.69) is 0 Å². The number of hydrogen-bond acceptors (Lipinski definition) is 4. The third kappa shape index (κ3) is 2.73. The molecule has 2 aliphatic rings. The van der Waals surface area contributed by atoms with E-state index in [0.717, 1.165) is 4.88 Å². The standard InChI is InChI=1S/C16H20N2O4S/c1-17-13(19)10-12(15(21)22)16(17)4-6-18(7-5-16)14(20)9-11-3-2-8-23-11/h2-3,8,12H,4-7,9-10H2,1H3,(H,21,22). The van der Waals surface area contributed by atoms with Gasteiger partial charge in [0.15, 0.2) is 0 Å². The smallest absolute Gasteiger partial charge is 0.309 e. The van der Waals surface area contributed by atoms with Gasteiger partial charge in [-0.25, -0.2) is 0 Å². The lowest BCUT2D eigenvalue weighted by molar-refractivity contribution is -0.146. The number of carbonyl (C=O) groups excluding carboxylic acids is 2. The normalized spacial score (nSPS) is 23.5. The van der Waals surface area contributed by atoms with E-state index < -0.39 is 17.4 Å². The maximum atomic E-state index is 12.4. The zero-order chi connectivity index (χ0) is 16.6. The number of carboxylic acids is 1. The molecule has 2 aliphatic heterocycles. The van der Waals surface area contributed by atoms with Gasteiger partial charge in [0.25, 0.3) is 0 Å². The van der Waals surface area contributed by atoms with E-state index in [1.54, 1.807) is 28.2 Å². The Balaban J connectivity index is 1.68. The molecule has 1 aromatic heterocycles. The summed E-state index contributed by atoms with van der Waals surface area (Å²) >= 11 is 1.56. The van der Waals surface area contributed by atoms with Gasteiger partial charge in [-0.1, -0.05) is 6.07 Å². The monoisotopic (exact) mass is 336 g/mol. The number of carboxylic acid groups (broad SMARTS) is 1. The van der Waals surface area contributed by atoms with E-state index >= 15 is 0 Å². The second-order valence-electron chi connectivity index (χ2n) is 6.29. The molecule has 1 N–H and O–H groups in total. The van der Waals surface area contributed by atoms with Crippen molar-refractivity contribution in [3.63, 3.8) is 0 Å². The van der Waals surface area contributed by atoms with Crippen molar-refractivity contribution in [1.82, 2.24) is 9.80 Å². The summed E-state index contributed by atoms with van der Waals surface area (Å²) in [6, 6.07) is 3.87. The molecule has 0 aliphatic carbocycles. The summed E-state index contributed by atoms with van der Waals surface area (Å²) in [6.45, 7) is 1.01. The van der Waals surface area contributed by atoms with Gasteiger partial charge in [0.1, 0.15) is 0 Å². The number of carbonyl (C=O) groups is 3. The highest BCUT2D eigenvalue weighted by Crippen LogP contribution is 2.42. The topological polar surface area (TPSA) is 77.9 Å². The summed E-state index contributed by atoms with van der Waals surface area (Å²) < 4.78 is 0. The van der Waals surface area contributed by atoms with Gasteiger partial charge >= 0.3 is 5.97 Å². The van der Waals surface area contributed by atoms with Crippen molar-refractivity contribution in [1.29, 1.82) is 0 Å². The van der Waals surface area contributed by atoms with Crippen LogP contribution in [-0.4, -0.2) is 58.4 Å². The van der Waals surface area contributed by atoms with Crippen LogP contribution in [0.3, 0.4) is 0 Å². The second kappa shape index (κ2) is 5.96. The number of nitrogens with zero attached hydrogens (tertiary/aromatic N) is 2. The highest BCUT2D eigenvalue weighted by molar-refractivity contribution is 7.10. The van der Waals surface area contributed by atoms with Gasteiger partial charge in [0, 0.05) is 31.4 Å². The highest BCUT2D eigenvalue weighted by atomic mass is 32.1. The van der Waals surface area contributed by atoms with E-state index in [4.69, 9.17) is 0 Å². The molecule has 124 valence electrons. The number of rotatable bonds is 3. The van der Waals surface area contributed by atoms with E-state index in [1.807, 2.05) is 17.5 Å². The zero-order valence-corrected chi connectivity index (χ0v) is 13.8. The lowest BCUT2D eigenvalue weighted by atomic mass is 9.77. The predicted octanol–water partition coefficient (Wildman–Crippen LogP) is 1.21. The van der Waals surface area contributed by atoms with Crippen LogP contribution in [0, 0.1) is 5.92 Å². The molecule has 0 bridgehead atoms. The quantitative estimate of drug-likeness (QED) is 0.900. The molecule has 1 spiro atoms. The Kier molecular flexibility index (Phi) is 4.14. The number of hydrogen-bond donors (Lipinski definition) is 1. The van der Waals surface area contributed by atoms with E-state index in [0.29, 0.717) is 32.4 Å². The highest BCUT2D eigenvalue weighted by Gasteiger charge is 2.55. The molecule has 1 unspecified atom stereocenters. The fourth-order valence-electron chi connectivity index (χ4n) is 3.80. The summed E-state index contributed by atoms with van der Waals surface area (Å²) in [5.74, 6) is -1.63. The lowest BCUT2D eigenvalue weighted by Crippen LogP contribution is -2.57. The molecule has 0 saturated carbocycles. The Bertz CT molecular complexity index is 620. The van der Waals surface area contributed by atoms with Crippen molar-refractivity contribution in [3.8, 4) is 0 Å². The first-order valence-electron chi connectivity index (χ1n) is 7.74. The van der Waals surface area contributed by atoms with Crippen molar-refractivity contribution < 1.29 is 19.5 Å². The lowest BCUT2D eigenvalue weighted by Gasteiger charge is -2.45. The molecular formula is C16H20N2O4S. The maximum absolute atomic E-state index is 12.4. The fraction of sp³-hybridized carbons (Fsp3) is 0.562. The van der Waals surface area contributed by atoms with Gasteiger partial charge in [0.05, 0.1) is 17.9 Å². The van der Waals surface area contributed by atoms with Crippen molar-refractivity contribution in [2.45, 2.75) is 31.2 Å². The Morgan fingerprint density at radius 3 is 2.65 bits per heavy atom. The molecular weight excluding hydrogens is 316 g/mol. The second-order valence-corrected chi connectivity index (χ2v) is 7.32. The van der Waals surface area contributed by atoms with E-state index in [-0.39, 0.29) is 18.2 Å². The fourth-order valence-corrected chi connectivity index (χ4v) is 4.50. The molecule has 2 saturated heterocycles. The molecule has 3 rings (SSSR count). The zero-order valence-electron chi connectivity index (χ0n) is 13.0. The van der Waals surface area contributed by atoms with Crippen LogP contribution in [0.5, 0.6) is 0 Å². The van der Waals surface area contributed by atoms with Gasteiger partial charge in [-0.2, -0.15) is 0 Å². The summed E-state index contributed by atoms with van der Waals surface area (Å²) in [4.78, 5) is 40.3. The largest absolute Gasteiger partial charge is 0.481 e. The summed E-state index contributed by atoms with van der Waals surface area (Å²) in [5, 5.41) is 11.4. The summed E-state index contributed by atoms with van der Waals surface area (Å²) in [7, 11) is 1.69. The predicted molar refractivity (Wildman–Crippen MR) is 85.1 cm³/mol. The molecule has 2 amide bonds. The molecule has 2 fully saturated rings. The molecule has 7 heteroatoms. The molecule has 1 aromatic rings. The number of thiophene rings is 1. The Labute approximate surface area is 138 Å². The molecule has 23 heavy (non-hydrogen) atoms. The minimum Gasteiger partial charge on any atom is -0.481 e. The number of aliphatic carboxylic acids is 1. The van der Waals surface area contributed by atoms with Crippen LogP contribution in [0.15, 0.2) is 17.5 Å². The minimum atomic E-state index is -0.916.